The Bertz CT molecular complexity index is 1220. The normalized spacial score (nSPS) is 14.3. The van der Waals surface area contributed by atoms with Crippen LogP contribution < -0.4 is 10.6 Å². The molecule has 0 spiro atoms. The number of carbonyl (C=O) groups excluding carboxylic acids is 2. The molecule has 0 aliphatic heterocycles. The van der Waals surface area contributed by atoms with E-state index < -0.39 is 0 Å². The summed E-state index contributed by atoms with van der Waals surface area (Å²) < 4.78 is 1.87. The molecule has 4 rings (SSSR count). The van der Waals surface area contributed by atoms with Gasteiger partial charge < -0.3 is 15.5 Å². The lowest BCUT2D eigenvalue weighted by Crippen LogP contribution is -2.19. The first-order valence-corrected chi connectivity index (χ1v) is 12.0. The summed E-state index contributed by atoms with van der Waals surface area (Å²) in [7, 11) is 5.83. The lowest BCUT2D eigenvalue weighted by Gasteiger charge is -2.13. The number of aromatic nitrogens is 2. The van der Waals surface area contributed by atoms with E-state index in [1.165, 1.54) is 18.5 Å². The van der Waals surface area contributed by atoms with Crippen molar-refractivity contribution in [1.82, 2.24) is 14.7 Å². The minimum atomic E-state index is -0.325. The van der Waals surface area contributed by atoms with Crippen LogP contribution in [0.15, 0.2) is 66.7 Å². The molecule has 1 atom stereocenters. The molecule has 0 saturated heterocycles. The molecule has 1 heterocycles. The van der Waals surface area contributed by atoms with Crippen LogP contribution in [0.5, 0.6) is 0 Å². The van der Waals surface area contributed by atoms with Gasteiger partial charge in [-0.2, -0.15) is 5.10 Å². The van der Waals surface area contributed by atoms with Gasteiger partial charge in [0.2, 0.25) is 11.8 Å². The van der Waals surface area contributed by atoms with Crippen LogP contribution in [0.3, 0.4) is 0 Å². The van der Waals surface area contributed by atoms with Crippen molar-refractivity contribution in [2.45, 2.75) is 31.6 Å². The second-order valence-electron chi connectivity index (χ2n) is 9.42. The smallest absolute Gasteiger partial charge is 0.248 e. The quantitative estimate of drug-likeness (QED) is 0.441. The summed E-state index contributed by atoms with van der Waals surface area (Å²) in [5.74, 6) is 0.624. The molecule has 1 fully saturated rings. The first-order chi connectivity index (χ1) is 16.8. The highest BCUT2D eigenvalue weighted by atomic mass is 16.2. The van der Waals surface area contributed by atoms with Gasteiger partial charge in [0.1, 0.15) is 0 Å². The first kappa shape index (κ1) is 24.4. The number of anilines is 2. The van der Waals surface area contributed by atoms with Crippen LogP contribution in [0.4, 0.5) is 11.5 Å². The second-order valence-corrected chi connectivity index (χ2v) is 9.42. The molecule has 0 radical (unpaired) electrons. The van der Waals surface area contributed by atoms with Gasteiger partial charge in [-0.1, -0.05) is 42.5 Å². The molecule has 2 aromatic carbocycles. The third-order valence-corrected chi connectivity index (χ3v) is 6.17. The molecule has 1 aliphatic carbocycles. The van der Waals surface area contributed by atoms with Crippen molar-refractivity contribution < 1.29 is 9.59 Å². The van der Waals surface area contributed by atoms with E-state index in [2.05, 4.69) is 15.7 Å². The van der Waals surface area contributed by atoms with E-state index in [4.69, 9.17) is 0 Å². The number of benzene rings is 2. The minimum absolute atomic E-state index is 0.0806. The largest absolute Gasteiger partial charge is 0.323 e. The molecule has 1 unspecified atom stereocenters. The molecule has 1 aromatic heterocycles. The van der Waals surface area contributed by atoms with Crippen molar-refractivity contribution in [2.24, 2.45) is 7.05 Å². The molecule has 2 amide bonds. The predicted molar refractivity (Wildman–Crippen MR) is 140 cm³/mol. The SMILES string of the molecule is CC(C(=O)Nc1cc(C2CC2)n(C)n1)c1cccc(-c2ccc(NC(=O)/C=C/CN(C)C)cc2)c1. The maximum Gasteiger partial charge on any atom is 0.248 e. The zero-order valence-electron chi connectivity index (χ0n) is 20.8. The number of aryl methyl sites for hydroxylation is 1. The van der Waals surface area contributed by atoms with Crippen LogP contribution >= 0.6 is 0 Å². The van der Waals surface area contributed by atoms with Gasteiger partial charge in [-0.05, 0) is 62.7 Å². The fraction of sp³-hybridized carbons (Fsp3) is 0.321. The molecule has 7 nitrogen and oxygen atoms in total. The van der Waals surface area contributed by atoms with Gasteiger partial charge in [0.15, 0.2) is 5.82 Å². The fourth-order valence-electron chi connectivity index (χ4n) is 3.98. The lowest BCUT2D eigenvalue weighted by molar-refractivity contribution is -0.117. The molecule has 182 valence electrons. The van der Waals surface area contributed by atoms with E-state index in [1.807, 2.05) is 98.3 Å². The Morgan fingerprint density at radius 1 is 1.09 bits per heavy atom. The topological polar surface area (TPSA) is 79.3 Å². The van der Waals surface area contributed by atoms with E-state index in [-0.39, 0.29) is 17.7 Å². The van der Waals surface area contributed by atoms with Gasteiger partial charge in [0, 0.05) is 43.0 Å². The Kier molecular flexibility index (Phi) is 7.46. The number of hydrogen-bond donors (Lipinski definition) is 2. The van der Waals surface area contributed by atoms with Crippen molar-refractivity contribution in [3.05, 3.63) is 78.0 Å². The second kappa shape index (κ2) is 10.7. The highest BCUT2D eigenvalue weighted by Gasteiger charge is 2.27. The van der Waals surface area contributed by atoms with Crippen LogP contribution in [0.1, 0.15) is 42.9 Å². The summed E-state index contributed by atoms with van der Waals surface area (Å²) in [4.78, 5) is 27.0. The Labute approximate surface area is 206 Å². The van der Waals surface area contributed by atoms with Gasteiger partial charge in [-0.15, -0.1) is 0 Å². The van der Waals surface area contributed by atoms with Crippen LogP contribution in [-0.2, 0) is 16.6 Å². The first-order valence-electron chi connectivity index (χ1n) is 12.0. The molecule has 2 N–H and O–H groups in total. The van der Waals surface area contributed by atoms with Gasteiger partial charge in [0.05, 0.1) is 5.92 Å². The van der Waals surface area contributed by atoms with Crippen LogP contribution in [0, 0.1) is 0 Å². The zero-order valence-corrected chi connectivity index (χ0v) is 20.8. The summed E-state index contributed by atoms with van der Waals surface area (Å²) in [6, 6.07) is 17.7. The highest BCUT2D eigenvalue weighted by Crippen LogP contribution is 2.40. The van der Waals surface area contributed by atoms with Gasteiger partial charge in [-0.3, -0.25) is 14.3 Å². The average molecular weight is 472 g/mol. The summed E-state index contributed by atoms with van der Waals surface area (Å²) in [5.41, 5.74) is 4.87. The number of amides is 2. The number of nitrogens with zero attached hydrogens (tertiary/aromatic N) is 3. The fourth-order valence-corrected chi connectivity index (χ4v) is 3.98. The van der Waals surface area contributed by atoms with Gasteiger partial charge in [0.25, 0.3) is 0 Å². The van der Waals surface area contributed by atoms with Crippen molar-refractivity contribution >= 4 is 23.3 Å². The molecule has 3 aromatic rings. The molecule has 1 aliphatic rings. The maximum atomic E-state index is 12.9. The molecular formula is C28H33N5O2. The monoisotopic (exact) mass is 471 g/mol. The number of carbonyl (C=O) groups is 2. The standard InChI is InChI=1S/C28H33N5O2/c1-19(28(35)30-26-18-25(21-10-11-21)33(4)31-26)22-7-5-8-23(17-22)20-12-14-24(15-13-20)29-27(34)9-6-16-32(2)3/h5-9,12-15,17-19,21H,10-11,16H2,1-4H3,(H,29,34)(H,30,31,35)/b9-6+. The average Bonchev–Trinajstić information content (AvgIpc) is 3.61. The third kappa shape index (κ3) is 6.45. The van der Waals surface area contributed by atoms with Crippen LogP contribution in [0.25, 0.3) is 11.1 Å². The van der Waals surface area contributed by atoms with E-state index >= 15 is 0 Å². The maximum absolute atomic E-state index is 12.9. The Morgan fingerprint density at radius 2 is 1.83 bits per heavy atom. The molecule has 0 bridgehead atoms. The van der Waals surface area contributed by atoms with E-state index in [0.717, 1.165) is 22.4 Å². The number of hydrogen-bond acceptors (Lipinski definition) is 4. The summed E-state index contributed by atoms with van der Waals surface area (Å²) in [5, 5.41) is 10.3. The van der Waals surface area contributed by atoms with Crippen LogP contribution in [-0.4, -0.2) is 47.1 Å². The Balaban J connectivity index is 1.39. The number of rotatable bonds is 9. The Morgan fingerprint density at radius 3 is 2.51 bits per heavy atom. The van der Waals surface area contributed by atoms with Crippen molar-refractivity contribution in [3.8, 4) is 11.1 Å². The van der Waals surface area contributed by atoms with Gasteiger partial charge >= 0.3 is 0 Å². The number of likely N-dealkylation sites (N-methyl/N-ethyl adjacent to an activating group) is 1. The zero-order chi connectivity index (χ0) is 24.9. The highest BCUT2D eigenvalue weighted by molar-refractivity contribution is 5.99. The Hall–Kier alpha value is -3.71. The van der Waals surface area contributed by atoms with Crippen molar-refractivity contribution in [2.75, 3.05) is 31.3 Å². The van der Waals surface area contributed by atoms with E-state index in [0.29, 0.717) is 18.3 Å². The molecule has 7 heteroatoms. The van der Waals surface area contributed by atoms with Gasteiger partial charge in [-0.25, -0.2) is 0 Å². The van der Waals surface area contributed by atoms with Crippen molar-refractivity contribution in [3.63, 3.8) is 0 Å². The summed E-state index contributed by atoms with van der Waals surface area (Å²) >= 11 is 0. The molecular weight excluding hydrogens is 438 g/mol. The number of nitrogens with one attached hydrogen (secondary N) is 2. The van der Waals surface area contributed by atoms with Crippen molar-refractivity contribution in [1.29, 1.82) is 0 Å². The molecule has 1 saturated carbocycles. The third-order valence-electron chi connectivity index (χ3n) is 6.17. The minimum Gasteiger partial charge on any atom is -0.323 e. The molecule has 35 heavy (non-hydrogen) atoms. The summed E-state index contributed by atoms with van der Waals surface area (Å²) in [6.45, 7) is 2.62. The predicted octanol–water partition coefficient (Wildman–Crippen LogP) is 4.76. The van der Waals surface area contributed by atoms with E-state index in [1.54, 1.807) is 6.08 Å². The van der Waals surface area contributed by atoms with E-state index in [9.17, 15) is 9.59 Å². The van der Waals surface area contributed by atoms with Crippen LogP contribution in [0.2, 0.25) is 0 Å². The lowest BCUT2D eigenvalue weighted by atomic mass is 9.95. The summed E-state index contributed by atoms with van der Waals surface area (Å²) in [6.07, 6.45) is 5.75.